The second kappa shape index (κ2) is 8.70. The Balaban J connectivity index is 1.72. The molecule has 3 aromatic rings. The molecule has 0 aliphatic heterocycles. The number of ether oxygens (including phenoxy) is 1. The third kappa shape index (κ3) is 4.88. The number of anilines is 1. The first-order valence-electron chi connectivity index (χ1n) is 8.58. The van der Waals surface area contributed by atoms with Crippen molar-refractivity contribution < 1.29 is 22.3 Å². The van der Waals surface area contributed by atoms with Crippen molar-refractivity contribution in [3.63, 3.8) is 0 Å². The van der Waals surface area contributed by atoms with E-state index in [2.05, 4.69) is 10.1 Å². The Morgan fingerprint density at radius 3 is 2.43 bits per heavy atom. The van der Waals surface area contributed by atoms with Gasteiger partial charge in [-0.25, -0.2) is 9.37 Å². The first kappa shape index (κ1) is 21.6. The summed E-state index contributed by atoms with van der Waals surface area (Å²) in [6.07, 6.45) is -2.62. The van der Waals surface area contributed by atoms with E-state index in [-0.39, 0.29) is 23.3 Å². The summed E-state index contributed by atoms with van der Waals surface area (Å²) >= 11 is 6.16. The number of hydrogen-bond donors (Lipinski definition) is 0. The number of nitrogens with zero attached hydrogens (tertiary/aromatic N) is 4. The van der Waals surface area contributed by atoms with Crippen LogP contribution in [0.5, 0.6) is 5.75 Å². The molecule has 0 bridgehead atoms. The molecule has 2 heterocycles. The van der Waals surface area contributed by atoms with Crippen molar-refractivity contribution in [2.45, 2.75) is 6.18 Å². The van der Waals surface area contributed by atoms with Crippen LogP contribution in [-0.4, -0.2) is 35.0 Å². The van der Waals surface area contributed by atoms with Gasteiger partial charge in [-0.05, 0) is 36.4 Å². The Morgan fingerprint density at radius 1 is 1.13 bits per heavy atom. The number of rotatable bonds is 6. The Hall–Kier alpha value is -3.14. The van der Waals surface area contributed by atoms with Crippen LogP contribution in [0.3, 0.4) is 0 Å². The minimum Gasteiger partial charge on any atom is -0.492 e. The van der Waals surface area contributed by atoms with Gasteiger partial charge in [-0.15, -0.1) is 0 Å². The summed E-state index contributed by atoms with van der Waals surface area (Å²) in [4.78, 5) is 17.8. The fourth-order valence-electron chi connectivity index (χ4n) is 2.48. The maximum atomic E-state index is 12.9. The fourth-order valence-corrected chi connectivity index (χ4v) is 2.76. The normalized spacial score (nSPS) is 11.4. The van der Waals surface area contributed by atoms with Gasteiger partial charge in [0.05, 0.1) is 24.0 Å². The number of likely N-dealkylation sites (N-methyl/N-ethyl adjacent to an activating group) is 1. The standard InChI is InChI=1S/C19H15ClF4N4O2/c1-27(8-9-30-14-5-3-13(21)4-6-14)15-11-26-28(18(29)17(15)20)16-7-2-12(10-25-16)19(22,23)24/h2-7,10-11H,8-9H2,1H3. The summed E-state index contributed by atoms with van der Waals surface area (Å²) in [7, 11) is 1.66. The molecule has 30 heavy (non-hydrogen) atoms. The molecule has 0 aliphatic carbocycles. The molecule has 0 fully saturated rings. The maximum absolute atomic E-state index is 12.9. The molecule has 3 rings (SSSR count). The van der Waals surface area contributed by atoms with Crippen LogP contribution in [0.25, 0.3) is 5.82 Å². The first-order chi connectivity index (χ1) is 14.2. The SMILES string of the molecule is CN(CCOc1ccc(F)cc1)c1cnn(-c2ccc(C(F)(F)F)cn2)c(=O)c1Cl. The highest BCUT2D eigenvalue weighted by Crippen LogP contribution is 2.28. The van der Waals surface area contributed by atoms with E-state index in [0.717, 1.165) is 16.8 Å². The lowest BCUT2D eigenvalue weighted by Gasteiger charge is -2.20. The lowest BCUT2D eigenvalue weighted by atomic mass is 10.3. The molecule has 2 aromatic heterocycles. The van der Waals surface area contributed by atoms with Crippen LogP contribution >= 0.6 is 11.6 Å². The summed E-state index contributed by atoms with van der Waals surface area (Å²) in [5.41, 5.74) is -1.36. The Morgan fingerprint density at radius 2 is 1.83 bits per heavy atom. The molecule has 0 spiro atoms. The van der Waals surface area contributed by atoms with Crippen molar-refractivity contribution in [3.8, 4) is 11.6 Å². The van der Waals surface area contributed by atoms with Crippen LogP contribution < -0.4 is 15.2 Å². The Kier molecular flexibility index (Phi) is 6.25. The molecule has 0 radical (unpaired) electrons. The smallest absolute Gasteiger partial charge is 0.417 e. The van der Waals surface area contributed by atoms with E-state index in [1.807, 2.05) is 0 Å². The van der Waals surface area contributed by atoms with E-state index < -0.39 is 17.3 Å². The van der Waals surface area contributed by atoms with E-state index in [1.165, 1.54) is 30.5 Å². The number of alkyl halides is 3. The molecule has 0 N–H and O–H groups in total. The Labute approximate surface area is 173 Å². The van der Waals surface area contributed by atoms with Crippen LogP contribution in [0.4, 0.5) is 23.2 Å². The van der Waals surface area contributed by atoms with E-state index >= 15 is 0 Å². The van der Waals surface area contributed by atoms with Crippen molar-refractivity contribution in [2.24, 2.45) is 0 Å². The summed E-state index contributed by atoms with van der Waals surface area (Å²) in [6.45, 7) is 0.558. The Bertz CT molecular complexity index is 1070. The summed E-state index contributed by atoms with van der Waals surface area (Å²) in [5, 5.41) is 3.78. The third-order valence-corrected chi connectivity index (χ3v) is 4.47. The van der Waals surface area contributed by atoms with Gasteiger partial charge in [0.25, 0.3) is 5.56 Å². The lowest BCUT2D eigenvalue weighted by Crippen LogP contribution is -2.29. The van der Waals surface area contributed by atoms with E-state index in [1.54, 1.807) is 11.9 Å². The molecule has 1 aromatic carbocycles. The molecule has 6 nitrogen and oxygen atoms in total. The highest BCUT2D eigenvalue weighted by atomic mass is 35.5. The molecule has 0 saturated heterocycles. The zero-order valence-electron chi connectivity index (χ0n) is 15.5. The van der Waals surface area contributed by atoms with Crippen LogP contribution in [-0.2, 0) is 6.18 Å². The molecule has 0 amide bonds. The van der Waals surface area contributed by atoms with E-state index in [0.29, 0.717) is 24.2 Å². The average Bonchev–Trinajstić information content (AvgIpc) is 2.71. The molecule has 0 saturated carbocycles. The summed E-state index contributed by atoms with van der Waals surface area (Å²) in [6, 6.07) is 7.36. The van der Waals surface area contributed by atoms with Gasteiger partial charge in [0.2, 0.25) is 0 Å². The largest absolute Gasteiger partial charge is 0.492 e. The van der Waals surface area contributed by atoms with Gasteiger partial charge >= 0.3 is 6.18 Å². The van der Waals surface area contributed by atoms with Crippen LogP contribution in [0.1, 0.15) is 5.56 Å². The van der Waals surface area contributed by atoms with Crippen LogP contribution in [0.2, 0.25) is 5.02 Å². The number of aromatic nitrogens is 3. The highest BCUT2D eigenvalue weighted by molar-refractivity contribution is 6.33. The molecule has 158 valence electrons. The van der Waals surface area contributed by atoms with Crippen molar-refractivity contribution in [2.75, 3.05) is 25.1 Å². The second-order valence-corrected chi connectivity index (χ2v) is 6.57. The van der Waals surface area contributed by atoms with Gasteiger partial charge in [0.15, 0.2) is 5.82 Å². The van der Waals surface area contributed by atoms with Gasteiger partial charge in [-0.3, -0.25) is 4.79 Å². The molecule has 11 heteroatoms. The minimum absolute atomic E-state index is 0.0938. The molecule has 0 aliphatic rings. The zero-order valence-corrected chi connectivity index (χ0v) is 16.3. The van der Waals surface area contributed by atoms with Gasteiger partial charge < -0.3 is 9.64 Å². The molecular weight excluding hydrogens is 428 g/mol. The number of pyridine rings is 1. The highest BCUT2D eigenvalue weighted by Gasteiger charge is 2.30. The molecule has 0 atom stereocenters. The van der Waals surface area contributed by atoms with Gasteiger partial charge in [-0.2, -0.15) is 23.0 Å². The minimum atomic E-state index is -4.54. The number of hydrogen-bond acceptors (Lipinski definition) is 5. The summed E-state index contributed by atoms with van der Waals surface area (Å²) < 4.78 is 57.2. The predicted molar refractivity (Wildman–Crippen MR) is 103 cm³/mol. The van der Waals surface area contributed by atoms with Crippen molar-refractivity contribution in [3.05, 3.63) is 75.5 Å². The third-order valence-electron chi connectivity index (χ3n) is 4.11. The van der Waals surface area contributed by atoms with Crippen molar-refractivity contribution in [1.29, 1.82) is 0 Å². The van der Waals surface area contributed by atoms with Crippen LogP contribution in [0, 0.1) is 5.82 Å². The lowest BCUT2D eigenvalue weighted by molar-refractivity contribution is -0.137. The number of halogens is 5. The fraction of sp³-hybridized carbons (Fsp3) is 0.211. The first-order valence-corrected chi connectivity index (χ1v) is 8.95. The second-order valence-electron chi connectivity index (χ2n) is 6.19. The zero-order chi connectivity index (χ0) is 21.9. The van der Waals surface area contributed by atoms with Crippen molar-refractivity contribution in [1.82, 2.24) is 14.8 Å². The van der Waals surface area contributed by atoms with Gasteiger partial charge in [0, 0.05) is 13.2 Å². The monoisotopic (exact) mass is 442 g/mol. The quantitative estimate of drug-likeness (QED) is 0.541. The molecule has 0 unspecified atom stereocenters. The average molecular weight is 443 g/mol. The predicted octanol–water partition coefficient (Wildman–Crippen LogP) is 3.95. The topological polar surface area (TPSA) is 60.2 Å². The van der Waals surface area contributed by atoms with Crippen molar-refractivity contribution >= 4 is 17.3 Å². The van der Waals surface area contributed by atoms with E-state index in [4.69, 9.17) is 16.3 Å². The maximum Gasteiger partial charge on any atom is 0.417 e. The van der Waals surface area contributed by atoms with Gasteiger partial charge in [-0.1, -0.05) is 11.6 Å². The summed E-state index contributed by atoms with van der Waals surface area (Å²) in [5.74, 6) is 0.0157. The number of benzene rings is 1. The van der Waals surface area contributed by atoms with E-state index in [9.17, 15) is 22.4 Å². The van der Waals surface area contributed by atoms with Crippen LogP contribution in [0.15, 0.2) is 53.6 Å². The van der Waals surface area contributed by atoms with Gasteiger partial charge in [0.1, 0.15) is 23.2 Å². The molecular formula is C19H15ClF4N4O2.